The Kier molecular flexibility index (Phi) is 7.57. The molecule has 48 heavy (non-hydrogen) atoms. The molecule has 8 rings (SSSR count). The summed E-state index contributed by atoms with van der Waals surface area (Å²) in [5.74, 6) is 0.267. The van der Waals surface area contributed by atoms with E-state index in [0.717, 1.165) is 23.5 Å². The lowest BCUT2D eigenvalue weighted by atomic mass is 9.86. The number of fused-ring (bicyclic) bond motifs is 3. The fourth-order valence-corrected chi connectivity index (χ4v) is 7.13. The molecule has 0 bridgehead atoms. The van der Waals surface area contributed by atoms with Gasteiger partial charge in [0.2, 0.25) is 0 Å². The highest BCUT2D eigenvalue weighted by Crippen LogP contribution is 2.38. The Labute approximate surface area is 283 Å². The van der Waals surface area contributed by atoms with Crippen LogP contribution in [0.1, 0.15) is 44.2 Å². The quantitative estimate of drug-likeness (QED) is 0.180. The van der Waals surface area contributed by atoms with Crippen LogP contribution in [0.25, 0.3) is 39.9 Å². The molecule has 1 unspecified atom stereocenters. The van der Waals surface area contributed by atoms with Gasteiger partial charge in [0.25, 0.3) is 0 Å². The van der Waals surface area contributed by atoms with Crippen LogP contribution in [-0.4, -0.2) is 4.57 Å². The Balaban J connectivity index is 1.23. The number of nitrogens with zero attached hydrogens (tertiary/aromatic N) is 2. The van der Waals surface area contributed by atoms with E-state index in [9.17, 15) is 0 Å². The van der Waals surface area contributed by atoms with Gasteiger partial charge >= 0.3 is 0 Å². The third-order valence-corrected chi connectivity index (χ3v) is 9.66. The van der Waals surface area contributed by atoms with Gasteiger partial charge in [-0.25, -0.2) is 0 Å². The van der Waals surface area contributed by atoms with Gasteiger partial charge in [0.1, 0.15) is 0 Å². The van der Waals surface area contributed by atoms with E-state index >= 15 is 0 Å². The minimum Gasteiger partial charge on any atom is -0.310 e. The van der Waals surface area contributed by atoms with E-state index in [0.29, 0.717) is 0 Å². The standard InChI is InChI=1S/C46H40N2/c1-46(2,3)37-25-29-45-43(32-37)42-31-36(24-28-44(42)48(45)39-19-11-6-12-20-39)35-16-13-21-41(30-35)47(38-17-9-5-10-18-38)40-26-22-34(23-27-40)33-14-7-4-8-15-33/h4-23,25-32,36H,24H2,1-3H3. The highest BCUT2D eigenvalue weighted by atomic mass is 15.1. The molecule has 2 heteroatoms. The number of hydrogen-bond donors (Lipinski definition) is 0. The van der Waals surface area contributed by atoms with Crippen LogP contribution in [0.3, 0.4) is 0 Å². The van der Waals surface area contributed by atoms with E-state index in [-0.39, 0.29) is 11.3 Å². The van der Waals surface area contributed by atoms with E-state index in [1.807, 2.05) is 0 Å². The fraction of sp³-hybridized carbons (Fsp3) is 0.130. The lowest BCUT2D eigenvalue weighted by Crippen LogP contribution is -2.31. The van der Waals surface area contributed by atoms with Crippen LogP contribution in [0.2, 0.25) is 0 Å². The van der Waals surface area contributed by atoms with Crippen molar-refractivity contribution >= 4 is 40.1 Å². The van der Waals surface area contributed by atoms with E-state index in [4.69, 9.17) is 0 Å². The van der Waals surface area contributed by atoms with Gasteiger partial charge in [-0.1, -0.05) is 130 Å². The lowest BCUT2D eigenvalue weighted by molar-refractivity contribution is 0.591. The van der Waals surface area contributed by atoms with Crippen molar-refractivity contribution in [3.05, 3.63) is 179 Å². The van der Waals surface area contributed by atoms with Crippen LogP contribution >= 0.6 is 0 Å². The second kappa shape index (κ2) is 12.2. The molecular weight excluding hydrogens is 581 g/mol. The largest absolute Gasteiger partial charge is 0.310 e. The number of anilines is 3. The molecule has 0 saturated heterocycles. The smallest absolute Gasteiger partial charge is 0.0541 e. The summed E-state index contributed by atoms with van der Waals surface area (Å²) >= 11 is 0. The van der Waals surface area contributed by atoms with Gasteiger partial charge in [-0.05, 0) is 94.8 Å². The Hall–Kier alpha value is -5.60. The topological polar surface area (TPSA) is 8.17 Å². The second-order valence-electron chi connectivity index (χ2n) is 13.8. The molecular formula is C46H40N2. The van der Waals surface area contributed by atoms with Gasteiger partial charge in [-0.3, -0.25) is 0 Å². The normalized spacial score (nSPS) is 14.2. The molecule has 0 N–H and O–H groups in total. The van der Waals surface area contributed by atoms with E-state index < -0.39 is 0 Å². The molecule has 0 saturated carbocycles. The molecule has 0 aliphatic heterocycles. The van der Waals surface area contributed by atoms with Crippen molar-refractivity contribution in [2.75, 3.05) is 4.90 Å². The van der Waals surface area contributed by atoms with Crippen molar-refractivity contribution in [2.24, 2.45) is 0 Å². The molecule has 6 aromatic carbocycles. The Morgan fingerprint density at radius 1 is 0.583 bits per heavy atom. The highest BCUT2D eigenvalue weighted by molar-refractivity contribution is 5.86. The molecule has 1 aliphatic carbocycles. The summed E-state index contributed by atoms with van der Waals surface area (Å²) in [5, 5.41) is 3.94. The first kappa shape index (κ1) is 29.8. The van der Waals surface area contributed by atoms with Gasteiger partial charge in [-0.15, -0.1) is 0 Å². The maximum Gasteiger partial charge on any atom is 0.0541 e. The Morgan fingerprint density at radius 3 is 1.92 bits per heavy atom. The number of benzene rings is 6. The molecule has 0 fully saturated rings. The molecule has 7 aromatic rings. The number of para-hydroxylation sites is 2. The van der Waals surface area contributed by atoms with Gasteiger partial charge in [0.15, 0.2) is 0 Å². The van der Waals surface area contributed by atoms with Gasteiger partial charge in [0.05, 0.1) is 5.52 Å². The van der Waals surface area contributed by atoms with Crippen LogP contribution in [0.5, 0.6) is 0 Å². The van der Waals surface area contributed by atoms with E-state index in [1.54, 1.807) is 0 Å². The summed E-state index contributed by atoms with van der Waals surface area (Å²) in [6, 6.07) is 57.2. The zero-order chi connectivity index (χ0) is 32.7. The number of aromatic nitrogens is 1. The predicted octanol–water partition coefficient (Wildman–Crippen LogP) is 10.8. The summed E-state index contributed by atoms with van der Waals surface area (Å²) < 4.78 is 2.44. The molecule has 1 aromatic heterocycles. The first-order valence-electron chi connectivity index (χ1n) is 17.0. The Morgan fingerprint density at radius 2 is 1.21 bits per heavy atom. The van der Waals surface area contributed by atoms with Crippen LogP contribution in [0, 0.1) is 0 Å². The van der Waals surface area contributed by atoms with Gasteiger partial charge in [-0.2, -0.15) is 0 Å². The van der Waals surface area contributed by atoms with Crippen molar-refractivity contribution in [3.63, 3.8) is 0 Å². The SMILES string of the molecule is CC(C)(C)c1ccc2c(c1)c1c(n2-c2ccccc2)=CCC(c2cccc(N(c3ccccc3)c3ccc(-c4ccccc4)cc3)c2)C=1. The minimum atomic E-state index is 0.0717. The average molecular weight is 621 g/mol. The van der Waals surface area contributed by atoms with Gasteiger partial charge in [0, 0.05) is 44.6 Å². The number of rotatable bonds is 6. The fourth-order valence-electron chi connectivity index (χ4n) is 7.13. The molecule has 0 amide bonds. The van der Waals surface area contributed by atoms with Crippen LogP contribution in [0.4, 0.5) is 17.1 Å². The molecule has 1 heterocycles. The minimum absolute atomic E-state index is 0.0717. The van der Waals surface area contributed by atoms with Crippen molar-refractivity contribution in [1.29, 1.82) is 0 Å². The van der Waals surface area contributed by atoms with Crippen molar-refractivity contribution in [3.8, 4) is 16.8 Å². The summed E-state index contributed by atoms with van der Waals surface area (Å²) in [5.41, 5.74) is 11.1. The molecule has 1 aliphatic rings. The summed E-state index contributed by atoms with van der Waals surface area (Å²) in [4.78, 5) is 2.37. The third kappa shape index (κ3) is 5.54. The molecule has 0 radical (unpaired) electrons. The van der Waals surface area contributed by atoms with E-state index in [1.165, 1.54) is 49.4 Å². The zero-order valence-corrected chi connectivity index (χ0v) is 27.8. The maximum absolute atomic E-state index is 2.52. The van der Waals surface area contributed by atoms with Gasteiger partial charge < -0.3 is 9.47 Å². The third-order valence-electron chi connectivity index (χ3n) is 9.66. The summed E-state index contributed by atoms with van der Waals surface area (Å²) in [7, 11) is 0. The Bertz CT molecular complexity index is 2330. The van der Waals surface area contributed by atoms with Crippen molar-refractivity contribution in [1.82, 2.24) is 4.57 Å². The first-order valence-corrected chi connectivity index (χ1v) is 17.0. The van der Waals surface area contributed by atoms with E-state index in [2.05, 4.69) is 200 Å². The zero-order valence-electron chi connectivity index (χ0n) is 27.8. The first-order chi connectivity index (χ1) is 23.4. The maximum atomic E-state index is 2.52. The predicted molar refractivity (Wildman–Crippen MR) is 204 cm³/mol. The molecule has 0 spiro atoms. The van der Waals surface area contributed by atoms with Crippen LogP contribution < -0.4 is 15.5 Å². The summed E-state index contributed by atoms with van der Waals surface area (Å²) in [6.07, 6.45) is 5.92. The van der Waals surface area contributed by atoms with Crippen LogP contribution in [-0.2, 0) is 5.41 Å². The number of hydrogen-bond acceptors (Lipinski definition) is 1. The monoisotopic (exact) mass is 620 g/mol. The highest BCUT2D eigenvalue weighted by Gasteiger charge is 2.21. The molecule has 1 atom stereocenters. The average Bonchev–Trinajstić information content (AvgIpc) is 3.46. The van der Waals surface area contributed by atoms with Crippen molar-refractivity contribution in [2.45, 2.75) is 38.5 Å². The molecule has 2 nitrogen and oxygen atoms in total. The van der Waals surface area contributed by atoms with Crippen LogP contribution in [0.15, 0.2) is 158 Å². The van der Waals surface area contributed by atoms with Crippen molar-refractivity contribution < 1.29 is 0 Å². The lowest BCUT2D eigenvalue weighted by Gasteiger charge is -2.27. The second-order valence-corrected chi connectivity index (χ2v) is 13.8. The molecule has 234 valence electrons. The summed E-state index contributed by atoms with van der Waals surface area (Å²) in [6.45, 7) is 6.89.